The highest BCUT2D eigenvalue weighted by atomic mass is 32.2. The zero-order valence-corrected chi connectivity index (χ0v) is 13.4. The summed E-state index contributed by atoms with van der Waals surface area (Å²) in [5.74, 6) is 0.184. The Kier molecular flexibility index (Phi) is 5.48. The summed E-state index contributed by atoms with van der Waals surface area (Å²) in [5, 5.41) is 0. The maximum Gasteiger partial charge on any atom is 0.169 e. The first-order valence-corrected chi connectivity index (χ1v) is 8.64. The molecular formula is C15H23NO3S. The average molecular weight is 297 g/mol. The van der Waals surface area contributed by atoms with Gasteiger partial charge in [0.1, 0.15) is 9.84 Å². The predicted octanol–water partition coefficient (Wildman–Crippen LogP) is 1.87. The van der Waals surface area contributed by atoms with E-state index in [9.17, 15) is 13.2 Å². The van der Waals surface area contributed by atoms with E-state index < -0.39 is 15.3 Å². The van der Waals surface area contributed by atoms with Gasteiger partial charge in [-0.15, -0.1) is 0 Å². The number of carbonyl (C=O) groups is 1. The van der Waals surface area contributed by atoms with Crippen molar-refractivity contribution in [3.63, 3.8) is 0 Å². The zero-order valence-electron chi connectivity index (χ0n) is 12.6. The summed E-state index contributed by atoms with van der Waals surface area (Å²) < 4.78 is 22.3. The number of rotatable bonds is 7. The van der Waals surface area contributed by atoms with Gasteiger partial charge in [0.05, 0.1) is 5.75 Å². The minimum absolute atomic E-state index is 0.0734. The Labute approximate surface area is 121 Å². The first kappa shape index (κ1) is 16.9. The van der Waals surface area contributed by atoms with Crippen molar-refractivity contribution in [1.82, 2.24) is 4.90 Å². The quantitative estimate of drug-likeness (QED) is 0.721. The average Bonchev–Trinajstić information content (AvgIpc) is 2.35. The summed E-state index contributed by atoms with van der Waals surface area (Å²) in [6.07, 6.45) is 1.22. The summed E-state index contributed by atoms with van der Waals surface area (Å²) in [4.78, 5) is 14.3. The molecule has 112 valence electrons. The van der Waals surface area contributed by atoms with Crippen LogP contribution in [0.15, 0.2) is 30.3 Å². The van der Waals surface area contributed by atoms with Gasteiger partial charge in [0.15, 0.2) is 5.78 Å². The van der Waals surface area contributed by atoms with Crippen LogP contribution in [0.25, 0.3) is 0 Å². The predicted molar refractivity (Wildman–Crippen MR) is 81.8 cm³/mol. The van der Waals surface area contributed by atoms with Crippen LogP contribution in [0, 0.1) is 5.41 Å². The molecule has 0 bridgehead atoms. The van der Waals surface area contributed by atoms with Crippen molar-refractivity contribution in [3.8, 4) is 0 Å². The van der Waals surface area contributed by atoms with Gasteiger partial charge in [-0.05, 0) is 7.05 Å². The number of Topliss-reactive ketones (excluding diaryl/α,β-unsaturated/α-hetero) is 1. The van der Waals surface area contributed by atoms with Gasteiger partial charge >= 0.3 is 0 Å². The maximum absolute atomic E-state index is 12.5. The molecule has 0 saturated heterocycles. The van der Waals surface area contributed by atoms with Gasteiger partial charge < -0.3 is 4.90 Å². The second-order valence-corrected chi connectivity index (χ2v) is 8.21. The molecule has 0 heterocycles. The molecular weight excluding hydrogens is 274 g/mol. The highest BCUT2D eigenvalue weighted by Gasteiger charge is 2.29. The third-order valence-electron chi connectivity index (χ3n) is 3.16. The smallest absolute Gasteiger partial charge is 0.169 e. The van der Waals surface area contributed by atoms with Crippen molar-refractivity contribution in [2.75, 3.05) is 32.1 Å². The Morgan fingerprint density at radius 1 is 1.20 bits per heavy atom. The standard InChI is InChI=1S/C15H23NO3S/c1-15(2,12-16(3)10-11-20(4,18)19)14(17)13-8-6-5-7-9-13/h5-9H,10-12H2,1-4H3. The monoisotopic (exact) mass is 297 g/mol. The Balaban J connectivity index is 2.67. The van der Waals surface area contributed by atoms with E-state index in [-0.39, 0.29) is 11.5 Å². The Bertz CT molecular complexity index is 550. The second-order valence-electron chi connectivity index (χ2n) is 5.95. The SMILES string of the molecule is CN(CCS(C)(=O)=O)CC(C)(C)C(=O)c1ccccc1. The molecule has 4 nitrogen and oxygen atoms in total. The van der Waals surface area contributed by atoms with Crippen molar-refractivity contribution in [1.29, 1.82) is 0 Å². The van der Waals surface area contributed by atoms with Crippen LogP contribution in [0.2, 0.25) is 0 Å². The fraction of sp³-hybridized carbons (Fsp3) is 0.533. The highest BCUT2D eigenvalue weighted by Crippen LogP contribution is 2.22. The van der Waals surface area contributed by atoms with Crippen molar-refractivity contribution in [2.24, 2.45) is 5.41 Å². The van der Waals surface area contributed by atoms with Crippen LogP contribution >= 0.6 is 0 Å². The molecule has 5 heteroatoms. The number of ketones is 1. The lowest BCUT2D eigenvalue weighted by Crippen LogP contribution is -2.39. The number of benzene rings is 1. The number of sulfone groups is 1. The van der Waals surface area contributed by atoms with E-state index in [0.717, 1.165) is 0 Å². The zero-order chi connectivity index (χ0) is 15.4. The summed E-state index contributed by atoms with van der Waals surface area (Å²) >= 11 is 0. The van der Waals surface area contributed by atoms with E-state index >= 15 is 0 Å². The molecule has 0 aliphatic carbocycles. The first-order chi connectivity index (χ1) is 9.12. The molecule has 20 heavy (non-hydrogen) atoms. The van der Waals surface area contributed by atoms with E-state index in [1.54, 1.807) is 12.1 Å². The lowest BCUT2D eigenvalue weighted by Gasteiger charge is -2.29. The van der Waals surface area contributed by atoms with Gasteiger partial charge in [0.25, 0.3) is 0 Å². The third kappa shape index (κ3) is 5.43. The fourth-order valence-electron chi connectivity index (χ4n) is 2.13. The normalized spacial score (nSPS) is 12.7. The van der Waals surface area contributed by atoms with Crippen molar-refractivity contribution in [3.05, 3.63) is 35.9 Å². The molecule has 0 radical (unpaired) electrons. The Hall–Kier alpha value is -1.20. The fourth-order valence-corrected chi connectivity index (χ4v) is 2.77. The topological polar surface area (TPSA) is 54.5 Å². The van der Waals surface area contributed by atoms with E-state index in [1.165, 1.54) is 6.26 Å². The van der Waals surface area contributed by atoms with Crippen LogP contribution in [0.3, 0.4) is 0 Å². The molecule has 1 aromatic carbocycles. The molecule has 0 fully saturated rings. The van der Waals surface area contributed by atoms with Gasteiger partial charge in [0.2, 0.25) is 0 Å². The Morgan fingerprint density at radius 3 is 2.25 bits per heavy atom. The van der Waals surface area contributed by atoms with Crippen LogP contribution < -0.4 is 0 Å². The van der Waals surface area contributed by atoms with Crippen LogP contribution in [0.4, 0.5) is 0 Å². The molecule has 0 aromatic heterocycles. The third-order valence-corrected chi connectivity index (χ3v) is 4.08. The van der Waals surface area contributed by atoms with Crippen LogP contribution in [0.5, 0.6) is 0 Å². The molecule has 0 saturated carbocycles. The summed E-state index contributed by atoms with van der Waals surface area (Å²) in [6.45, 7) is 4.74. The molecule has 1 rings (SSSR count). The second kappa shape index (κ2) is 6.50. The molecule has 0 aliphatic heterocycles. The van der Waals surface area contributed by atoms with Crippen molar-refractivity contribution < 1.29 is 13.2 Å². The van der Waals surface area contributed by atoms with E-state index in [1.807, 2.05) is 44.0 Å². The van der Waals surface area contributed by atoms with Crippen LogP contribution in [-0.4, -0.2) is 51.2 Å². The van der Waals surface area contributed by atoms with Gasteiger partial charge in [-0.1, -0.05) is 44.2 Å². The molecule has 0 aliphatic rings. The van der Waals surface area contributed by atoms with Crippen molar-refractivity contribution >= 4 is 15.6 Å². The minimum atomic E-state index is -2.97. The Morgan fingerprint density at radius 2 is 1.75 bits per heavy atom. The van der Waals surface area contributed by atoms with Gasteiger partial charge in [-0.3, -0.25) is 4.79 Å². The van der Waals surface area contributed by atoms with Gasteiger partial charge in [-0.25, -0.2) is 8.42 Å². The van der Waals surface area contributed by atoms with E-state index in [0.29, 0.717) is 18.7 Å². The number of nitrogens with zero attached hydrogens (tertiary/aromatic N) is 1. The number of hydrogen-bond donors (Lipinski definition) is 0. The first-order valence-electron chi connectivity index (χ1n) is 6.58. The summed E-state index contributed by atoms with van der Waals surface area (Å²) in [6, 6.07) is 9.18. The highest BCUT2D eigenvalue weighted by molar-refractivity contribution is 7.90. The molecule has 0 unspecified atom stereocenters. The van der Waals surface area contributed by atoms with Crippen LogP contribution in [0.1, 0.15) is 24.2 Å². The molecule has 0 amide bonds. The van der Waals surface area contributed by atoms with Crippen LogP contribution in [-0.2, 0) is 9.84 Å². The number of carbonyl (C=O) groups excluding carboxylic acids is 1. The number of hydrogen-bond acceptors (Lipinski definition) is 4. The molecule has 0 atom stereocenters. The van der Waals surface area contributed by atoms with Gasteiger partial charge in [0, 0.05) is 30.3 Å². The lowest BCUT2D eigenvalue weighted by atomic mass is 9.84. The minimum Gasteiger partial charge on any atom is -0.304 e. The van der Waals surface area contributed by atoms with Gasteiger partial charge in [-0.2, -0.15) is 0 Å². The summed E-state index contributed by atoms with van der Waals surface area (Å²) in [7, 11) is -1.14. The van der Waals surface area contributed by atoms with Crippen molar-refractivity contribution in [2.45, 2.75) is 13.8 Å². The molecule has 0 spiro atoms. The van der Waals surface area contributed by atoms with E-state index in [2.05, 4.69) is 0 Å². The largest absolute Gasteiger partial charge is 0.304 e. The van der Waals surface area contributed by atoms with E-state index in [4.69, 9.17) is 0 Å². The summed E-state index contributed by atoms with van der Waals surface area (Å²) in [5.41, 5.74) is 0.141. The molecule has 1 aromatic rings. The lowest BCUT2D eigenvalue weighted by molar-refractivity contribution is 0.0787. The maximum atomic E-state index is 12.5. The molecule has 0 N–H and O–H groups in total.